The van der Waals surface area contributed by atoms with Gasteiger partial charge in [0.2, 0.25) is 0 Å². The van der Waals surface area contributed by atoms with E-state index < -0.39 is 0 Å². The van der Waals surface area contributed by atoms with Gasteiger partial charge in [-0.05, 0) is 49.1 Å². The number of benzene rings is 2. The van der Waals surface area contributed by atoms with Crippen LogP contribution in [0.15, 0.2) is 78.3 Å². The Bertz CT molecular complexity index is 1270. The van der Waals surface area contributed by atoms with E-state index in [0.29, 0.717) is 0 Å². The highest BCUT2D eigenvalue weighted by molar-refractivity contribution is 7.09. The van der Waals surface area contributed by atoms with Crippen LogP contribution >= 0.6 is 11.3 Å². The quantitative estimate of drug-likeness (QED) is 0.313. The number of carbonyl (C=O) groups is 1. The Morgan fingerprint density at radius 2 is 1.69 bits per heavy atom. The molecule has 3 heterocycles. The Labute approximate surface area is 218 Å². The number of pyridine rings is 1. The summed E-state index contributed by atoms with van der Waals surface area (Å²) in [6.07, 6.45) is 1.88. The van der Waals surface area contributed by atoms with Crippen molar-refractivity contribution in [1.29, 1.82) is 0 Å². The molecule has 1 fully saturated rings. The maximum Gasteiger partial charge on any atom is 0.253 e. The predicted octanol–water partition coefficient (Wildman–Crippen LogP) is 5.69. The van der Waals surface area contributed by atoms with E-state index in [4.69, 9.17) is 4.98 Å². The maximum absolute atomic E-state index is 12.9. The first kappa shape index (κ1) is 24.6. The number of para-hydroxylation sites is 1. The molecule has 1 unspecified atom stereocenters. The zero-order valence-corrected chi connectivity index (χ0v) is 22.0. The monoisotopic (exact) mass is 498 g/mol. The molecular formula is C30H34N4OS. The molecule has 0 aliphatic carbocycles. The first-order chi connectivity index (χ1) is 17.7. The number of fused-ring (bicyclic) bond motifs is 1. The molecule has 2 aromatic heterocycles. The van der Waals surface area contributed by atoms with E-state index in [2.05, 4.69) is 63.7 Å². The standard InChI is InChI=1S/C30H34N4OS/c1-3-33(4-2)30(35)25-14-12-24(13-15-25)29(27-11-5-8-23-9-6-16-31-28(23)27)34-19-17-32(18-20-34)22-26-10-7-21-36-26/h5-16,21,29H,3-4,17-20,22H2,1-2H3. The summed E-state index contributed by atoms with van der Waals surface area (Å²) in [5, 5.41) is 3.31. The number of nitrogens with zero attached hydrogens (tertiary/aromatic N) is 4. The van der Waals surface area contributed by atoms with E-state index in [1.54, 1.807) is 0 Å². The maximum atomic E-state index is 12.9. The molecule has 1 aliphatic heterocycles. The van der Waals surface area contributed by atoms with Crippen LogP contribution in [-0.2, 0) is 6.54 Å². The lowest BCUT2D eigenvalue weighted by Crippen LogP contribution is -2.47. The van der Waals surface area contributed by atoms with Crippen LogP contribution in [0.5, 0.6) is 0 Å². The van der Waals surface area contributed by atoms with Crippen molar-refractivity contribution < 1.29 is 4.79 Å². The van der Waals surface area contributed by atoms with Gasteiger partial charge < -0.3 is 4.90 Å². The van der Waals surface area contributed by atoms with Crippen molar-refractivity contribution in [3.8, 4) is 0 Å². The lowest BCUT2D eigenvalue weighted by Gasteiger charge is -2.40. The zero-order chi connectivity index (χ0) is 24.9. The molecular weight excluding hydrogens is 464 g/mol. The number of thiophene rings is 1. The molecule has 5 nitrogen and oxygen atoms in total. The van der Waals surface area contributed by atoms with Gasteiger partial charge in [-0.25, -0.2) is 0 Å². The van der Waals surface area contributed by atoms with Crippen LogP contribution in [0, 0.1) is 0 Å². The van der Waals surface area contributed by atoms with Gasteiger partial charge >= 0.3 is 0 Å². The van der Waals surface area contributed by atoms with E-state index in [-0.39, 0.29) is 11.9 Å². The van der Waals surface area contributed by atoms with Crippen LogP contribution in [0.4, 0.5) is 0 Å². The summed E-state index contributed by atoms with van der Waals surface area (Å²) in [5.41, 5.74) is 4.23. The summed E-state index contributed by atoms with van der Waals surface area (Å²) in [7, 11) is 0. The van der Waals surface area contributed by atoms with Gasteiger partial charge in [-0.3, -0.25) is 19.6 Å². The number of amides is 1. The topological polar surface area (TPSA) is 39.7 Å². The second-order valence-corrected chi connectivity index (χ2v) is 10.3. The van der Waals surface area contributed by atoms with Crippen molar-refractivity contribution in [2.45, 2.75) is 26.4 Å². The SMILES string of the molecule is CCN(CC)C(=O)c1ccc(C(c2cccc3cccnc23)N2CCN(Cc3cccs3)CC2)cc1. The van der Waals surface area contributed by atoms with Crippen molar-refractivity contribution in [1.82, 2.24) is 19.7 Å². The van der Waals surface area contributed by atoms with Crippen LogP contribution < -0.4 is 0 Å². The summed E-state index contributed by atoms with van der Waals surface area (Å²) in [6, 6.07) is 23.3. The van der Waals surface area contributed by atoms with Crippen LogP contribution in [0.1, 0.15) is 46.3 Å². The summed E-state index contributed by atoms with van der Waals surface area (Å²) in [6.45, 7) is 10.5. The summed E-state index contributed by atoms with van der Waals surface area (Å²) in [5.74, 6) is 0.0946. The average molecular weight is 499 g/mol. The highest BCUT2D eigenvalue weighted by Gasteiger charge is 2.28. The molecule has 0 radical (unpaired) electrons. The first-order valence-corrected chi connectivity index (χ1v) is 13.8. The lowest BCUT2D eigenvalue weighted by atomic mass is 9.93. The largest absolute Gasteiger partial charge is 0.339 e. The predicted molar refractivity (Wildman–Crippen MR) is 148 cm³/mol. The van der Waals surface area contributed by atoms with Crippen molar-refractivity contribution in [3.05, 3.63) is 99.9 Å². The normalized spacial score (nSPS) is 15.7. The van der Waals surface area contributed by atoms with Gasteiger partial charge in [-0.2, -0.15) is 0 Å². The van der Waals surface area contributed by atoms with E-state index in [1.165, 1.54) is 16.0 Å². The first-order valence-electron chi connectivity index (χ1n) is 12.9. The number of piperazine rings is 1. The Balaban J connectivity index is 1.45. The second kappa shape index (κ2) is 11.3. The average Bonchev–Trinajstić information content (AvgIpc) is 3.44. The Kier molecular flexibility index (Phi) is 7.75. The minimum atomic E-state index is 0.0880. The van der Waals surface area contributed by atoms with Gasteiger partial charge in [0.15, 0.2) is 0 Å². The molecule has 4 aromatic rings. The molecule has 6 heteroatoms. The van der Waals surface area contributed by atoms with Crippen molar-refractivity contribution in [2.75, 3.05) is 39.3 Å². The molecule has 0 spiro atoms. The molecule has 1 atom stereocenters. The minimum absolute atomic E-state index is 0.0880. The van der Waals surface area contributed by atoms with E-state index in [1.807, 2.05) is 54.5 Å². The third-order valence-corrected chi connectivity index (χ3v) is 8.08. The van der Waals surface area contributed by atoms with Crippen LogP contribution in [0.3, 0.4) is 0 Å². The third-order valence-electron chi connectivity index (χ3n) is 7.21. The minimum Gasteiger partial charge on any atom is -0.339 e. The van der Waals surface area contributed by atoms with Gasteiger partial charge in [0, 0.05) is 73.4 Å². The lowest BCUT2D eigenvalue weighted by molar-refractivity contribution is 0.0773. The summed E-state index contributed by atoms with van der Waals surface area (Å²) in [4.78, 5) is 26.1. The fourth-order valence-corrected chi connectivity index (χ4v) is 5.99. The van der Waals surface area contributed by atoms with Gasteiger partial charge in [0.25, 0.3) is 5.91 Å². The highest BCUT2D eigenvalue weighted by Crippen LogP contribution is 2.34. The van der Waals surface area contributed by atoms with E-state index in [9.17, 15) is 4.79 Å². The van der Waals surface area contributed by atoms with Crippen LogP contribution in [0.25, 0.3) is 10.9 Å². The third kappa shape index (κ3) is 5.21. The van der Waals surface area contributed by atoms with Gasteiger partial charge in [0.1, 0.15) is 0 Å². The zero-order valence-electron chi connectivity index (χ0n) is 21.1. The molecule has 1 amide bonds. The van der Waals surface area contributed by atoms with Crippen LogP contribution in [-0.4, -0.2) is 64.9 Å². The number of aromatic nitrogens is 1. The molecule has 2 aromatic carbocycles. The van der Waals surface area contributed by atoms with Crippen molar-refractivity contribution in [3.63, 3.8) is 0 Å². The summed E-state index contributed by atoms with van der Waals surface area (Å²) < 4.78 is 0. The Hall–Kier alpha value is -3.06. The molecule has 0 bridgehead atoms. The molecule has 36 heavy (non-hydrogen) atoms. The Morgan fingerprint density at radius 1 is 0.944 bits per heavy atom. The van der Waals surface area contributed by atoms with Gasteiger partial charge in [-0.15, -0.1) is 11.3 Å². The molecule has 5 rings (SSSR count). The summed E-state index contributed by atoms with van der Waals surface area (Å²) >= 11 is 1.83. The van der Waals surface area contributed by atoms with E-state index in [0.717, 1.165) is 62.3 Å². The smallest absolute Gasteiger partial charge is 0.253 e. The van der Waals surface area contributed by atoms with Crippen molar-refractivity contribution in [2.24, 2.45) is 0 Å². The molecule has 0 saturated carbocycles. The Morgan fingerprint density at radius 3 is 2.39 bits per heavy atom. The molecule has 186 valence electrons. The number of hydrogen-bond acceptors (Lipinski definition) is 5. The second-order valence-electron chi connectivity index (χ2n) is 9.32. The highest BCUT2D eigenvalue weighted by atomic mass is 32.1. The van der Waals surface area contributed by atoms with Gasteiger partial charge in [-0.1, -0.05) is 42.5 Å². The fourth-order valence-electron chi connectivity index (χ4n) is 5.24. The number of rotatable bonds is 8. The number of hydrogen-bond donors (Lipinski definition) is 0. The molecule has 1 aliphatic rings. The molecule has 1 saturated heterocycles. The molecule has 0 N–H and O–H groups in total. The van der Waals surface area contributed by atoms with Crippen LogP contribution in [0.2, 0.25) is 0 Å². The number of carbonyl (C=O) groups excluding carboxylic acids is 1. The van der Waals surface area contributed by atoms with Crippen molar-refractivity contribution >= 4 is 28.1 Å². The fraction of sp³-hybridized carbons (Fsp3) is 0.333. The van der Waals surface area contributed by atoms with Gasteiger partial charge in [0.05, 0.1) is 11.6 Å². The van der Waals surface area contributed by atoms with E-state index >= 15 is 0 Å².